The molecule has 0 unspecified atom stereocenters. The van der Waals surface area contributed by atoms with Gasteiger partial charge in [-0.3, -0.25) is 0 Å². The lowest BCUT2D eigenvalue weighted by molar-refractivity contribution is 0.0378. The van der Waals surface area contributed by atoms with E-state index in [0.717, 1.165) is 23.7 Å². The lowest BCUT2D eigenvalue weighted by atomic mass is 9.72. The van der Waals surface area contributed by atoms with E-state index in [2.05, 4.69) is 0 Å². The molecule has 3 aliphatic rings. The first-order chi connectivity index (χ1) is 4.38. The van der Waals surface area contributed by atoms with E-state index in [4.69, 9.17) is 0 Å². The van der Waals surface area contributed by atoms with E-state index < -0.39 is 0 Å². The van der Waals surface area contributed by atoms with E-state index in [9.17, 15) is 5.11 Å². The number of rotatable bonds is 0. The number of aliphatic hydroxyl groups is 1. The first kappa shape index (κ1) is 4.73. The minimum Gasteiger partial charge on any atom is -0.393 e. The Morgan fingerprint density at radius 2 is 1.67 bits per heavy atom. The zero-order chi connectivity index (χ0) is 6.01. The summed E-state index contributed by atoms with van der Waals surface area (Å²) in [6.45, 7) is 0. The van der Waals surface area contributed by atoms with Gasteiger partial charge in [0, 0.05) is 0 Å². The second-order valence-corrected chi connectivity index (χ2v) is 3.96. The number of hydrogen-bond acceptors (Lipinski definition) is 1. The predicted octanol–water partition coefficient (Wildman–Crippen LogP) is 1.02. The van der Waals surface area contributed by atoms with E-state index in [0.29, 0.717) is 0 Å². The number of fused-ring (bicyclic) bond motifs is 3. The van der Waals surface area contributed by atoms with Gasteiger partial charge in [-0.25, -0.2) is 0 Å². The summed E-state index contributed by atoms with van der Waals surface area (Å²) in [5.74, 6) is 3.43. The molecule has 0 saturated heterocycles. The lowest BCUT2D eigenvalue weighted by Crippen LogP contribution is -2.31. The van der Waals surface area contributed by atoms with Crippen LogP contribution < -0.4 is 0 Å². The van der Waals surface area contributed by atoms with E-state index in [-0.39, 0.29) is 6.10 Å². The Kier molecular flexibility index (Phi) is 0.628. The molecule has 1 heteroatoms. The Bertz CT molecular complexity index is 140. The van der Waals surface area contributed by atoms with E-state index >= 15 is 0 Å². The third-order valence-electron chi connectivity index (χ3n) is 3.70. The first-order valence-corrected chi connectivity index (χ1v) is 4.06. The molecule has 0 heterocycles. The highest BCUT2D eigenvalue weighted by atomic mass is 16.3. The first-order valence-electron chi connectivity index (χ1n) is 4.06. The van der Waals surface area contributed by atoms with Crippen molar-refractivity contribution in [3.05, 3.63) is 0 Å². The smallest absolute Gasteiger partial charge is 0.0602 e. The van der Waals surface area contributed by atoms with E-state index in [1.807, 2.05) is 0 Å². The molecule has 3 saturated carbocycles. The molecule has 3 fully saturated rings. The molecule has 0 radical (unpaired) electrons. The summed E-state index contributed by atoms with van der Waals surface area (Å²) >= 11 is 0. The van der Waals surface area contributed by atoms with Crippen LogP contribution in [-0.2, 0) is 0 Å². The summed E-state index contributed by atoms with van der Waals surface area (Å²) in [5, 5.41) is 9.53. The van der Waals surface area contributed by atoms with Gasteiger partial charge in [-0.1, -0.05) is 0 Å². The van der Waals surface area contributed by atoms with Crippen molar-refractivity contribution in [3.63, 3.8) is 0 Å². The van der Waals surface area contributed by atoms with Crippen LogP contribution in [0.3, 0.4) is 0 Å². The van der Waals surface area contributed by atoms with Crippen LogP contribution in [0.15, 0.2) is 0 Å². The van der Waals surface area contributed by atoms with Gasteiger partial charge in [0.05, 0.1) is 6.10 Å². The third-order valence-corrected chi connectivity index (χ3v) is 3.70. The molecule has 1 nitrogen and oxygen atoms in total. The standard InChI is InChI=1S/C8H12O/c9-8-5-2-1-4(5)6-3-7(6)8/h4-9H,1-3H2/t4-,5+,6-,7-,8+/m1/s1. The molecule has 0 aromatic carbocycles. The molecular formula is C8H12O. The fraction of sp³-hybridized carbons (Fsp3) is 1.00. The second kappa shape index (κ2) is 1.20. The van der Waals surface area contributed by atoms with Crippen LogP contribution in [0.5, 0.6) is 0 Å². The average molecular weight is 124 g/mol. The number of aliphatic hydroxyl groups excluding tert-OH is 1. The zero-order valence-corrected chi connectivity index (χ0v) is 5.46. The fourth-order valence-corrected chi connectivity index (χ4v) is 2.95. The Hall–Kier alpha value is -0.0400. The van der Waals surface area contributed by atoms with Crippen molar-refractivity contribution in [1.82, 2.24) is 0 Å². The Balaban J connectivity index is 1.92. The molecule has 50 valence electrons. The summed E-state index contributed by atoms with van der Waals surface area (Å²) in [4.78, 5) is 0. The van der Waals surface area contributed by atoms with Crippen molar-refractivity contribution in [2.75, 3.05) is 0 Å². The van der Waals surface area contributed by atoms with Crippen LogP contribution in [0.4, 0.5) is 0 Å². The Morgan fingerprint density at radius 1 is 0.889 bits per heavy atom. The van der Waals surface area contributed by atoms with Gasteiger partial charge >= 0.3 is 0 Å². The van der Waals surface area contributed by atoms with Crippen molar-refractivity contribution < 1.29 is 5.11 Å². The predicted molar refractivity (Wildman–Crippen MR) is 33.8 cm³/mol. The van der Waals surface area contributed by atoms with Gasteiger partial charge in [0.25, 0.3) is 0 Å². The normalized spacial score (nSPS) is 68.3. The summed E-state index contributed by atoms with van der Waals surface area (Å²) < 4.78 is 0. The molecule has 1 N–H and O–H groups in total. The van der Waals surface area contributed by atoms with Gasteiger partial charge in [0.2, 0.25) is 0 Å². The van der Waals surface area contributed by atoms with Gasteiger partial charge in [-0.15, -0.1) is 0 Å². The van der Waals surface area contributed by atoms with Gasteiger partial charge < -0.3 is 5.11 Å². The van der Waals surface area contributed by atoms with Crippen molar-refractivity contribution in [2.24, 2.45) is 23.7 Å². The van der Waals surface area contributed by atoms with Crippen LogP contribution in [0, 0.1) is 23.7 Å². The molecule has 9 heavy (non-hydrogen) atoms. The summed E-state index contributed by atoms with van der Waals surface area (Å²) in [6.07, 6.45) is 4.21. The van der Waals surface area contributed by atoms with Crippen molar-refractivity contribution in [1.29, 1.82) is 0 Å². The molecule has 0 aliphatic heterocycles. The lowest BCUT2D eigenvalue weighted by Gasteiger charge is -2.34. The number of hydrogen-bond donors (Lipinski definition) is 1. The highest BCUT2D eigenvalue weighted by molar-refractivity contribution is 5.11. The Labute approximate surface area is 55.1 Å². The largest absolute Gasteiger partial charge is 0.393 e. The van der Waals surface area contributed by atoms with Crippen molar-refractivity contribution >= 4 is 0 Å². The van der Waals surface area contributed by atoms with Crippen LogP contribution in [0.2, 0.25) is 0 Å². The molecule has 0 spiro atoms. The molecule has 0 aromatic rings. The maximum absolute atomic E-state index is 9.53. The van der Waals surface area contributed by atoms with Gasteiger partial charge in [-0.2, -0.15) is 0 Å². The van der Waals surface area contributed by atoms with E-state index in [1.165, 1.54) is 19.3 Å². The summed E-state index contributed by atoms with van der Waals surface area (Å²) in [7, 11) is 0. The van der Waals surface area contributed by atoms with Gasteiger partial charge in [-0.05, 0) is 42.9 Å². The van der Waals surface area contributed by atoms with Crippen molar-refractivity contribution in [3.8, 4) is 0 Å². The second-order valence-electron chi connectivity index (χ2n) is 3.96. The van der Waals surface area contributed by atoms with Crippen molar-refractivity contribution in [2.45, 2.75) is 25.4 Å². The molecule has 0 amide bonds. The maximum atomic E-state index is 9.53. The van der Waals surface area contributed by atoms with E-state index in [1.54, 1.807) is 0 Å². The maximum Gasteiger partial charge on any atom is 0.0602 e. The SMILES string of the molecule is O[C@H]1[C@H]2CC[C@H]2[C@H]2C[C@@H]12. The van der Waals surface area contributed by atoms with Crippen LogP contribution in [-0.4, -0.2) is 11.2 Å². The van der Waals surface area contributed by atoms with Crippen LogP contribution in [0.25, 0.3) is 0 Å². The third kappa shape index (κ3) is 0.389. The van der Waals surface area contributed by atoms with Gasteiger partial charge in [0.15, 0.2) is 0 Å². The monoisotopic (exact) mass is 124 g/mol. The molecule has 5 atom stereocenters. The molecular weight excluding hydrogens is 112 g/mol. The molecule has 0 bridgehead atoms. The van der Waals surface area contributed by atoms with Gasteiger partial charge in [0.1, 0.15) is 0 Å². The highest BCUT2D eigenvalue weighted by Crippen LogP contribution is 2.65. The summed E-state index contributed by atoms with van der Waals surface area (Å²) in [5.41, 5.74) is 0. The molecule has 0 aromatic heterocycles. The zero-order valence-electron chi connectivity index (χ0n) is 5.46. The minimum atomic E-state index is 0.119. The average Bonchev–Trinajstić information content (AvgIpc) is 2.38. The fourth-order valence-electron chi connectivity index (χ4n) is 2.95. The topological polar surface area (TPSA) is 20.2 Å². The molecule has 3 rings (SSSR count). The quantitative estimate of drug-likeness (QED) is 0.511. The summed E-state index contributed by atoms with van der Waals surface area (Å²) in [6, 6.07) is 0. The Morgan fingerprint density at radius 3 is 2.00 bits per heavy atom. The van der Waals surface area contributed by atoms with Crippen LogP contribution in [0.1, 0.15) is 19.3 Å². The van der Waals surface area contributed by atoms with Crippen LogP contribution >= 0.6 is 0 Å². The highest BCUT2D eigenvalue weighted by Gasteiger charge is 2.62. The minimum absolute atomic E-state index is 0.119. The molecule has 3 aliphatic carbocycles.